The van der Waals surface area contributed by atoms with Crippen LogP contribution in [0.25, 0.3) is 0 Å². The summed E-state index contributed by atoms with van der Waals surface area (Å²) in [7, 11) is 1.35. The molecule has 19 heavy (non-hydrogen) atoms. The fourth-order valence-electron chi connectivity index (χ4n) is 1.94. The summed E-state index contributed by atoms with van der Waals surface area (Å²) < 4.78 is 4.67. The number of anilines is 1. The number of H-pyrrole nitrogens is 1. The Bertz CT molecular complexity index is 508. The molecule has 6 nitrogen and oxygen atoms in total. The first-order chi connectivity index (χ1) is 9.13. The summed E-state index contributed by atoms with van der Waals surface area (Å²) in [6.45, 7) is 2.79. The summed E-state index contributed by atoms with van der Waals surface area (Å²) in [5, 5.41) is 0. The standard InChI is InChI=1S/C13H19N3O3/c1-3-6-16(8-12(18)19-2)10-7-11(17)15-13(14-10)9-4-5-9/h7,9H,3-6,8H2,1-2H3,(H,14,15,17). The summed E-state index contributed by atoms with van der Waals surface area (Å²) in [5.74, 6) is 1.32. The normalized spacial score (nSPS) is 14.2. The van der Waals surface area contributed by atoms with E-state index in [1.165, 1.54) is 13.2 Å². The summed E-state index contributed by atoms with van der Waals surface area (Å²) >= 11 is 0. The van der Waals surface area contributed by atoms with Gasteiger partial charge in [-0.05, 0) is 19.3 Å². The maximum Gasteiger partial charge on any atom is 0.325 e. The van der Waals surface area contributed by atoms with Crippen molar-refractivity contribution in [3.05, 3.63) is 22.2 Å². The molecule has 0 bridgehead atoms. The van der Waals surface area contributed by atoms with E-state index in [1.54, 1.807) is 4.90 Å². The van der Waals surface area contributed by atoms with Crippen LogP contribution in [-0.2, 0) is 9.53 Å². The smallest absolute Gasteiger partial charge is 0.325 e. The van der Waals surface area contributed by atoms with Gasteiger partial charge in [0, 0.05) is 18.5 Å². The van der Waals surface area contributed by atoms with Crippen LogP contribution in [0, 0.1) is 0 Å². The van der Waals surface area contributed by atoms with E-state index >= 15 is 0 Å². The molecule has 6 heteroatoms. The van der Waals surface area contributed by atoms with Gasteiger partial charge in [-0.1, -0.05) is 6.92 Å². The van der Waals surface area contributed by atoms with E-state index in [9.17, 15) is 9.59 Å². The number of aromatic amines is 1. The Balaban J connectivity index is 2.24. The molecule has 1 saturated carbocycles. The minimum Gasteiger partial charge on any atom is -0.468 e. The Hall–Kier alpha value is -1.85. The van der Waals surface area contributed by atoms with Crippen LogP contribution in [0.5, 0.6) is 0 Å². The van der Waals surface area contributed by atoms with Gasteiger partial charge in [-0.15, -0.1) is 0 Å². The molecule has 1 aromatic heterocycles. The summed E-state index contributed by atoms with van der Waals surface area (Å²) in [5.41, 5.74) is -0.169. The molecule has 1 heterocycles. The van der Waals surface area contributed by atoms with Gasteiger partial charge >= 0.3 is 5.97 Å². The maximum atomic E-state index is 11.7. The average Bonchev–Trinajstić information content (AvgIpc) is 3.21. The molecule has 1 aromatic rings. The molecule has 104 valence electrons. The van der Waals surface area contributed by atoms with Crippen LogP contribution in [0.1, 0.15) is 37.9 Å². The quantitative estimate of drug-likeness (QED) is 0.778. The van der Waals surface area contributed by atoms with Crippen molar-refractivity contribution in [2.24, 2.45) is 0 Å². The van der Waals surface area contributed by atoms with Gasteiger partial charge in [0.15, 0.2) is 0 Å². The first-order valence-corrected chi connectivity index (χ1v) is 6.57. The van der Waals surface area contributed by atoms with Gasteiger partial charge in [0.1, 0.15) is 18.2 Å². The molecule has 0 spiro atoms. The molecular weight excluding hydrogens is 246 g/mol. The average molecular weight is 265 g/mol. The Kier molecular flexibility index (Phi) is 4.19. The van der Waals surface area contributed by atoms with Crippen LogP contribution in [-0.4, -0.2) is 36.1 Å². The molecule has 0 radical (unpaired) electrons. The maximum absolute atomic E-state index is 11.7. The van der Waals surface area contributed by atoms with Crippen LogP contribution in [0.4, 0.5) is 5.82 Å². The molecule has 1 aliphatic rings. The molecule has 0 unspecified atom stereocenters. The molecule has 1 fully saturated rings. The Morgan fingerprint density at radius 3 is 2.89 bits per heavy atom. The minimum atomic E-state index is -0.330. The Morgan fingerprint density at radius 2 is 2.32 bits per heavy atom. The first kappa shape index (κ1) is 13.6. The number of nitrogens with one attached hydrogen (secondary N) is 1. The lowest BCUT2D eigenvalue weighted by Crippen LogP contribution is -2.33. The van der Waals surface area contributed by atoms with Crippen molar-refractivity contribution in [1.29, 1.82) is 0 Å². The van der Waals surface area contributed by atoms with E-state index < -0.39 is 0 Å². The lowest BCUT2D eigenvalue weighted by molar-refractivity contribution is -0.138. The Morgan fingerprint density at radius 1 is 1.58 bits per heavy atom. The van der Waals surface area contributed by atoms with Gasteiger partial charge in [0.05, 0.1) is 7.11 Å². The van der Waals surface area contributed by atoms with Crippen molar-refractivity contribution in [3.63, 3.8) is 0 Å². The molecule has 0 amide bonds. The van der Waals surface area contributed by atoms with E-state index in [1.807, 2.05) is 6.92 Å². The van der Waals surface area contributed by atoms with E-state index in [-0.39, 0.29) is 18.1 Å². The number of aromatic nitrogens is 2. The molecule has 1 N–H and O–H groups in total. The highest BCUT2D eigenvalue weighted by molar-refractivity contribution is 5.75. The van der Waals surface area contributed by atoms with Crippen molar-refractivity contribution >= 4 is 11.8 Å². The molecule has 2 rings (SSSR count). The predicted octanol–water partition coefficient (Wildman–Crippen LogP) is 1.04. The Labute approximate surface area is 111 Å². The van der Waals surface area contributed by atoms with Crippen molar-refractivity contribution in [2.45, 2.75) is 32.1 Å². The van der Waals surface area contributed by atoms with E-state index in [0.717, 1.165) is 25.1 Å². The van der Waals surface area contributed by atoms with E-state index in [0.29, 0.717) is 18.3 Å². The summed E-state index contributed by atoms with van der Waals surface area (Å²) in [6.07, 6.45) is 3.00. The number of hydrogen-bond donors (Lipinski definition) is 1. The third-order valence-electron chi connectivity index (χ3n) is 3.08. The lowest BCUT2D eigenvalue weighted by atomic mass is 10.3. The SMILES string of the molecule is CCCN(CC(=O)OC)c1cc(=O)[nH]c(C2CC2)n1. The van der Waals surface area contributed by atoms with E-state index in [2.05, 4.69) is 14.7 Å². The fraction of sp³-hybridized carbons (Fsp3) is 0.615. The van der Waals surface area contributed by atoms with Gasteiger partial charge in [-0.25, -0.2) is 4.98 Å². The van der Waals surface area contributed by atoms with Gasteiger partial charge in [-0.2, -0.15) is 0 Å². The molecule has 1 aliphatic carbocycles. The third kappa shape index (κ3) is 3.56. The zero-order chi connectivity index (χ0) is 13.8. The highest BCUT2D eigenvalue weighted by Gasteiger charge is 2.27. The molecule has 0 saturated heterocycles. The van der Waals surface area contributed by atoms with Crippen molar-refractivity contribution < 1.29 is 9.53 Å². The van der Waals surface area contributed by atoms with Gasteiger partial charge in [0.25, 0.3) is 5.56 Å². The predicted molar refractivity (Wildman–Crippen MR) is 71.4 cm³/mol. The summed E-state index contributed by atoms with van der Waals surface area (Å²) in [4.78, 5) is 32.1. The largest absolute Gasteiger partial charge is 0.468 e. The topological polar surface area (TPSA) is 75.3 Å². The minimum absolute atomic E-state index is 0.116. The second-order valence-corrected chi connectivity index (χ2v) is 4.76. The van der Waals surface area contributed by atoms with Crippen molar-refractivity contribution in [1.82, 2.24) is 9.97 Å². The van der Waals surface area contributed by atoms with Gasteiger partial charge in [-0.3, -0.25) is 9.59 Å². The number of esters is 1. The zero-order valence-corrected chi connectivity index (χ0v) is 11.3. The number of methoxy groups -OCH3 is 1. The lowest BCUT2D eigenvalue weighted by Gasteiger charge is -2.21. The van der Waals surface area contributed by atoms with Gasteiger partial charge < -0.3 is 14.6 Å². The van der Waals surface area contributed by atoms with Crippen LogP contribution in [0.15, 0.2) is 10.9 Å². The van der Waals surface area contributed by atoms with Crippen molar-refractivity contribution in [3.8, 4) is 0 Å². The molecule has 0 atom stereocenters. The van der Waals surface area contributed by atoms with Gasteiger partial charge in [0.2, 0.25) is 0 Å². The highest BCUT2D eigenvalue weighted by atomic mass is 16.5. The monoisotopic (exact) mass is 265 g/mol. The van der Waals surface area contributed by atoms with Crippen LogP contribution < -0.4 is 10.5 Å². The number of ether oxygens (including phenoxy) is 1. The number of rotatable bonds is 6. The van der Waals surface area contributed by atoms with E-state index in [4.69, 9.17) is 0 Å². The first-order valence-electron chi connectivity index (χ1n) is 6.57. The van der Waals surface area contributed by atoms with Crippen LogP contribution in [0.2, 0.25) is 0 Å². The zero-order valence-electron chi connectivity index (χ0n) is 11.3. The molecular formula is C13H19N3O3. The number of carbonyl (C=O) groups is 1. The second kappa shape index (κ2) is 5.86. The third-order valence-corrected chi connectivity index (χ3v) is 3.08. The summed E-state index contributed by atoms with van der Waals surface area (Å²) in [6, 6.07) is 1.44. The fourth-order valence-corrected chi connectivity index (χ4v) is 1.94. The molecule has 0 aliphatic heterocycles. The van der Waals surface area contributed by atoms with Crippen LogP contribution >= 0.6 is 0 Å². The van der Waals surface area contributed by atoms with Crippen molar-refractivity contribution in [2.75, 3.05) is 25.1 Å². The number of nitrogens with zero attached hydrogens (tertiary/aromatic N) is 2. The number of hydrogen-bond acceptors (Lipinski definition) is 5. The molecule has 0 aromatic carbocycles. The highest BCUT2D eigenvalue weighted by Crippen LogP contribution is 2.37. The number of carbonyl (C=O) groups excluding carboxylic acids is 1. The second-order valence-electron chi connectivity index (χ2n) is 4.76. The van der Waals surface area contributed by atoms with Crippen LogP contribution in [0.3, 0.4) is 0 Å².